The number of hydrogen-bond acceptors (Lipinski definition) is 4. The highest BCUT2D eigenvalue weighted by Gasteiger charge is 2.19. The van der Waals surface area contributed by atoms with E-state index in [2.05, 4.69) is 46.0 Å². The van der Waals surface area contributed by atoms with Crippen LogP contribution in [0.1, 0.15) is 30.3 Å². The van der Waals surface area contributed by atoms with Crippen LogP contribution in [-0.2, 0) is 0 Å². The average molecular weight is 352 g/mol. The summed E-state index contributed by atoms with van der Waals surface area (Å²) in [5.74, 6) is 0.00298. The van der Waals surface area contributed by atoms with Gasteiger partial charge in [-0.2, -0.15) is 0 Å². The fraction of sp³-hybridized carbons (Fsp3) is 0.429. The third-order valence-electron chi connectivity index (χ3n) is 4.92. The fourth-order valence-corrected chi connectivity index (χ4v) is 3.29. The molecule has 1 aromatic carbocycles. The van der Waals surface area contributed by atoms with Gasteiger partial charge in [0.25, 0.3) is 5.91 Å². The Morgan fingerprint density at radius 2 is 1.69 bits per heavy atom. The summed E-state index contributed by atoms with van der Waals surface area (Å²) in [6, 6.07) is 14.5. The van der Waals surface area contributed by atoms with Crippen molar-refractivity contribution in [2.75, 3.05) is 49.6 Å². The largest absolute Gasteiger partial charge is 0.368 e. The number of hydrogen-bond donors (Lipinski definition) is 0. The Labute approximate surface area is 156 Å². The van der Waals surface area contributed by atoms with Gasteiger partial charge >= 0.3 is 0 Å². The van der Waals surface area contributed by atoms with Crippen LogP contribution < -0.4 is 9.80 Å². The maximum atomic E-state index is 12.6. The van der Waals surface area contributed by atoms with Crippen molar-refractivity contribution in [3.8, 4) is 0 Å². The Morgan fingerprint density at radius 1 is 1.04 bits per heavy atom. The van der Waals surface area contributed by atoms with Crippen LogP contribution >= 0.6 is 0 Å². The molecular formula is C21H28N4O. The van der Waals surface area contributed by atoms with Gasteiger partial charge in [-0.05, 0) is 30.7 Å². The molecular weight excluding hydrogens is 324 g/mol. The van der Waals surface area contributed by atoms with Gasteiger partial charge in [-0.25, -0.2) is 0 Å². The number of carbonyl (C=O) groups excluding carboxylic acids is 1. The average Bonchev–Trinajstić information content (AvgIpc) is 2.72. The Kier molecular flexibility index (Phi) is 6.10. The first kappa shape index (κ1) is 18.2. The van der Waals surface area contributed by atoms with Crippen LogP contribution in [0, 0.1) is 0 Å². The number of benzene rings is 1. The van der Waals surface area contributed by atoms with Gasteiger partial charge < -0.3 is 14.7 Å². The van der Waals surface area contributed by atoms with Gasteiger partial charge in [0.15, 0.2) is 0 Å². The fourth-order valence-electron chi connectivity index (χ4n) is 3.29. The summed E-state index contributed by atoms with van der Waals surface area (Å²) in [4.78, 5) is 23.4. The van der Waals surface area contributed by atoms with E-state index in [0.29, 0.717) is 5.69 Å². The molecule has 2 aromatic rings. The van der Waals surface area contributed by atoms with Crippen LogP contribution in [0.5, 0.6) is 0 Å². The number of amides is 1. The maximum absolute atomic E-state index is 12.6. The molecule has 5 nitrogen and oxygen atoms in total. The number of aromatic nitrogens is 1. The zero-order chi connectivity index (χ0) is 18.4. The van der Waals surface area contributed by atoms with E-state index in [1.54, 1.807) is 11.1 Å². The van der Waals surface area contributed by atoms with Gasteiger partial charge in [0.05, 0.1) is 0 Å². The Morgan fingerprint density at radius 3 is 2.35 bits per heavy atom. The molecule has 0 radical (unpaired) electrons. The van der Waals surface area contributed by atoms with Gasteiger partial charge in [-0.1, -0.05) is 31.5 Å². The van der Waals surface area contributed by atoms with E-state index in [1.165, 1.54) is 5.69 Å². The number of piperazine rings is 1. The summed E-state index contributed by atoms with van der Waals surface area (Å²) in [5, 5.41) is 0. The zero-order valence-electron chi connectivity index (χ0n) is 15.8. The smallest absolute Gasteiger partial charge is 0.272 e. The predicted molar refractivity (Wildman–Crippen MR) is 107 cm³/mol. The molecule has 1 aromatic heterocycles. The second-order valence-corrected chi connectivity index (χ2v) is 6.79. The maximum Gasteiger partial charge on any atom is 0.272 e. The number of para-hydroxylation sites is 1. The van der Waals surface area contributed by atoms with E-state index in [0.717, 1.165) is 51.3 Å². The van der Waals surface area contributed by atoms with Crippen LogP contribution in [0.4, 0.5) is 11.4 Å². The molecule has 1 aliphatic heterocycles. The molecule has 0 atom stereocenters. The molecule has 0 N–H and O–H groups in total. The van der Waals surface area contributed by atoms with E-state index in [-0.39, 0.29) is 5.91 Å². The quantitative estimate of drug-likeness (QED) is 0.800. The van der Waals surface area contributed by atoms with Crippen LogP contribution in [0.2, 0.25) is 0 Å². The highest BCUT2D eigenvalue weighted by molar-refractivity contribution is 5.93. The van der Waals surface area contributed by atoms with Crippen molar-refractivity contribution in [3.63, 3.8) is 0 Å². The van der Waals surface area contributed by atoms with Gasteiger partial charge in [-0.15, -0.1) is 0 Å². The minimum atomic E-state index is 0.00298. The number of pyridine rings is 1. The lowest BCUT2D eigenvalue weighted by Crippen LogP contribution is -2.46. The van der Waals surface area contributed by atoms with Gasteiger partial charge in [0.1, 0.15) is 5.69 Å². The molecule has 1 fully saturated rings. The van der Waals surface area contributed by atoms with Gasteiger partial charge in [-0.3, -0.25) is 9.78 Å². The van der Waals surface area contributed by atoms with Crippen molar-refractivity contribution in [3.05, 3.63) is 54.4 Å². The number of unbranched alkanes of at least 4 members (excludes halogenated alkanes) is 1. The molecule has 0 aliphatic carbocycles. The zero-order valence-corrected chi connectivity index (χ0v) is 15.8. The Balaban J connectivity index is 1.63. The molecule has 0 spiro atoms. The van der Waals surface area contributed by atoms with Gasteiger partial charge in [0.2, 0.25) is 0 Å². The molecule has 138 valence electrons. The van der Waals surface area contributed by atoms with Gasteiger partial charge in [0, 0.05) is 57.3 Å². The lowest BCUT2D eigenvalue weighted by atomic mass is 10.2. The standard InChI is InChI=1S/C21H28N4O/c1-3-4-12-23(2)21(26)20-17-19(10-11-22-20)25-15-13-24(14-16-25)18-8-6-5-7-9-18/h5-11,17H,3-4,12-16H2,1-2H3. The first-order valence-electron chi connectivity index (χ1n) is 9.45. The highest BCUT2D eigenvalue weighted by Crippen LogP contribution is 2.21. The first-order valence-corrected chi connectivity index (χ1v) is 9.45. The molecule has 26 heavy (non-hydrogen) atoms. The van der Waals surface area contributed by atoms with Crippen LogP contribution in [0.3, 0.4) is 0 Å². The van der Waals surface area contributed by atoms with E-state index in [1.807, 2.05) is 25.2 Å². The summed E-state index contributed by atoms with van der Waals surface area (Å²) >= 11 is 0. The molecule has 1 saturated heterocycles. The van der Waals surface area contributed by atoms with Crippen molar-refractivity contribution in [1.29, 1.82) is 0 Å². The number of anilines is 2. The summed E-state index contributed by atoms with van der Waals surface area (Å²) < 4.78 is 0. The first-order chi connectivity index (χ1) is 12.7. The molecule has 0 unspecified atom stereocenters. The summed E-state index contributed by atoms with van der Waals surface area (Å²) in [5.41, 5.74) is 2.89. The SMILES string of the molecule is CCCCN(C)C(=O)c1cc(N2CCN(c3ccccc3)CC2)ccn1. The van der Waals surface area contributed by atoms with E-state index in [4.69, 9.17) is 0 Å². The van der Waals surface area contributed by atoms with E-state index in [9.17, 15) is 4.79 Å². The molecule has 3 rings (SSSR count). The van der Waals surface area contributed by atoms with Crippen molar-refractivity contribution in [1.82, 2.24) is 9.88 Å². The van der Waals surface area contributed by atoms with Crippen LogP contribution in [0.15, 0.2) is 48.7 Å². The predicted octanol–water partition coefficient (Wildman–Crippen LogP) is 3.28. The minimum absolute atomic E-state index is 0.00298. The Bertz CT molecular complexity index is 711. The van der Waals surface area contributed by atoms with Crippen molar-refractivity contribution >= 4 is 17.3 Å². The van der Waals surface area contributed by atoms with Crippen LogP contribution in [-0.4, -0.2) is 55.6 Å². The summed E-state index contributed by atoms with van der Waals surface area (Å²) in [6.45, 7) is 6.75. The lowest BCUT2D eigenvalue weighted by Gasteiger charge is -2.37. The van der Waals surface area contributed by atoms with Crippen molar-refractivity contribution in [2.45, 2.75) is 19.8 Å². The highest BCUT2D eigenvalue weighted by atomic mass is 16.2. The summed E-state index contributed by atoms with van der Waals surface area (Å²) in [6.07, 6.45) is 3.85. The van der Waals surface area contributed by atoms with E-state index >= 15 is 0 Å². The second kappa shape index (κ2) is 8.70. The van der Waals surface area contributed by atoms with Crippen molar-refractivity contribution in [2.24, 2.45) is 0 Å². The third-order valence-corrected chi connectivity index (χ3v) is 4.92. The minimum Gasteiger partial charge on any atom is -0.368 e. The molecule has 1 amide bonds. The Hall–Kier alpha value is -2.56. The number of rotatable bonds is 6. The normalized spacial score (nSPS) is 14.4. The van der Waals surface area contributed by atoms with Crippen molar-refractivity contribution < 1.29 is 4.79 Å². The monoisotopic (exact) mass is 352 g/mol. The summed E-state index contributed by atoms with van der Waals surface area (Å²) in [7, 11) is 1.85. The second-order valence-electron chi connectivity index (χ2n) is 6.79. The topological polar surface area (TPSA) is 39.7 Å². The molecule has 1 aliphatic rings. The number of nitrogens with zero attached hydrogens (tertiary/aromatic N) is 4. The molecule has 5 heteroatoms. The van der Waals surface area contributed by atoms with E-state index < -0.39 is 0 Å². The lowest BCUT2D eigenvalue weighted by molar-refractivity contribution is 0.0787. The molecule has 0 bridgehead atoms. The third kappa shape index (κ3) is 4.34. The van der Waals surface area contributed by atoms with Crippen LogP contribution in [0.25, 0.3) is 0 Å². The number of carbonyl (C=O) groups is 1. The molecule has 2 heterocycles. The molecule has 0 saturated carbocycles.